The highest BCUT2D eigenvalue weighted by Crippen LogP contribution is 2.31. The second kappa shape index (κ2) is 6.71. The monoisotopic (exact) mass is 267 g/mol. The van der Waals surface area contributed by atoms with Gasteiger partial charge in [0, 0.05) is 31.6 Å². The predicted octanol–water partition coefficient (Wildman–Crippen LogP) is 1.30. The maximum atomic E-state index is 12.7. The van der Waals surface area contributed by atoms with Crippen LogP contribution in [0.3, 0.4) is 0 Å². The van der Waals surface area contributed by atoms with E-state index in [1.165, 1.54) is 12.8 Å². The average molecular weight is 267 g/mol. The van der Waals surface area contributed by atoms with Crippen molar-refractivity contribution in [3.8, 4) is 0 Å². The van der Waals surface area contributed by atoms with Crippen molar-refractivity contribution in [1.82, 2.24) is 9.80 Å². The Labute approximate surface area is 117 Å². The van der Waals surface area contributed by atoms with E-state index in [9.17, 15) is 4.79 Å². The van der Waals surface area contributed by atoms with Crippen LogP contribution in [0.2, 0.25) is 0 Å². The van der Waals surface area contributed by atoms with Gasteiger partial charge in [-0.25, -0.2) is 0 Å². The van der Waals surface area contributed by atoms with E-state index in [2.05, 4.69) is 23.6 Å². The Morgan fingerprint density at radius 2 is 2.00 bits per heavy atom. The number of rotatable bonds is 3. The number of carbonyl (C=O) groups is 1. The molecule has 4 nitrogen and oxygen atoms in total. The lowest BCUT2D eigenvalue weighted by Crippen LogP contribution is -2.55. The van der Waals surface area contributed by atoms with E-state index < -0.39 is 0 Å². The zero-order chi connectivity index (χ0) is 13.8. The molecule has 0 radical (unpaired) electrons. The first kappa shape index (κ1) is 14.8. The maximum absolute atomic E-state index is 12.7. The van der Waals surface area contributed by atoms with Gasteiger partial charge in [0.2, 0.25) is 5.91 Å². The third-order valence-corrected chi connectivity index (χ3v) is 5.01. The van der Waals surface area contributed by atoms with E-state index in [0.717, 1.165) is 39.0 Å². The summed E-state index contributed by atoms with van der Waals surface area (Å²) in [5.74, 6) is 0.984. The van der Waals surface area contributed by atoms with E-state index in [0.29, 0.717) is 24.4 Å². The van der Waals surface area contributed by atoms with Gasteiger partial charge in [-0.1, -0.05) is 19.8 Å². The van der Waals surface area contributed by atoms with Crippen molar-refractivity contribution in [3.05, 3.63) is 0 Å². The summed E-state index contributed by atoms with van der Waals surface area (Å²) in [6.45, 7) is 8.97. The molecule has 0 aromatic rings. The number of nitrogens with zero attached hydrogens (tertiary/aromatic N) is 2. The molecule has 4 heteroatoms. The van der Waals surface area contributed by atoms with Crippen LogP contribution in [0.5, 0.6) is 0 Å². The van der Waals surface area contributed by atoms with Gasteiger partial charge in [-0.15, -0.1) is 0 Å². The van der Waals surface area contributed by atoms with Gasteiger partial charge in [0.05, 0.1) is 0 Å². The molecule has 2 N–H and O–H groups in total. The van der Waals surface area contributed by atoms with Gasteiger partial charge in [-0.05, 0) is 38.8 Å². The quantitative estimate of drug-likeness (QED) is 0.838. The summed E-state index contributed by atoms with van der Waals surface area (Å²) in [6.07, 6.45) is 4.61. The van der Waals surface area contributed by atoms with Crippen molar-refractivity contribution in [2.75, 3.05) is 32.7 Å². The molecule has 0 aromatic carbocycles. The summed E-state index contributed by atoms with van der Waals surface area (Å²) < 4.78 is 0. The first-order chi connectivity index (χ1) is 9.17. The number of carbonyl (C=O) groups excluding carboxylic acids is 1. The van der Waals surface area contributed by atoms with E-state index in [4.69, 9.17) is 5.73 Å². The minimum atomic E-state index is 0.194. The van der Waals surface area contributed by atoms with Crippen LogP contribution in [0.25, 0.3) is 0 Å². The molecule has 3 atom stereocenters. The zero-order valence-electron chi connectivity index (χ0n) is 12.5. The summed E-state index contributed by atoms with van der Waals surface area (Å²) in [6, 6.07) is 0.489. The molecule has 110 valence electrons. The van der Waals surface area contributed by atoms with E-state index >= 15 is 0 Å². The Hall–Kier alpha value is -0.610. The van der Waals surface area contributed by atoms with Crippen molar-refractivity contribution in [3.63, 3.8) is 0 Å². The lowest BCUT2D eigenvalue weighted by atomic mass is 9.78. The molecule has 3 unspecified atom stereocenters. The SMILES string of the molecule is CCN1CCN(C(=O)C2CCCCC2CN)CC1C. The number of piperazine rings is 1. The smallest absolute Gasteiger partial charge is 0.226 e. The fourth-order valence-corrected chi connectivity index (χ4v) is 3.71. The third kappa shape index (κ3) is 3.29. The summed E-state index contributed by atoms with van der Waals surface area (Å²) in [5, 5.41) is 0. The molecular weight excluding hydrogens is 238 g/mol. The molecule has 1 aliphatic heterocycles. The molecule has 2 rings (SSSR count). The van der Waals surface area contributed by atoms with Gasteiger partial charge in [0.25, 0.3) is 0 Å². The molecule has 0 spiro atoms. The number of likely N-dealkylation sites (N-methyl/N-ethyl adjacent to an activating group) is 1. The fourth-order valence-electron chi connectivity index (χ4n) is 3.71. The van der Waals surface area contributed by atoms with Gasteiger partial charge in [0.1, 0.15) is 0 Å². The largest absolute Gasteiger partial charge is 0.340 e. The minimum absolute atomic E-state index is 0.194. The van der Waals surface area contributed by atoms with Gasteiger partial charge in [-0.2, -0.15) is 0 Å². The number of hydrogen-bond donors (Lipinski definition) is 1. The van der Waals surface area contributed by atoms with Gasteiger partial charge in [-0.3, -0.25) is 9.69 Å². The van der Waals surface area contributed by atoms with Gasteiger partial charge in [0.15, 0.2) is 0 Å². The fraction of sp³-hybridized carbons (Fsp3) is 0.933. The predicted molar refractivity (Wildman–Crippen MR) is 77.8 cm³/mol. The molecule has 1 amide bonds. The molecule has 2 aliphatic rings. The number of nitrogens with two attached hydrogens (primary N) is 1. The van der Waals surface area contributed by atoms with E-state index in [1.807, 2.05) is 0 Å². The maximum Gasteiger partial charge on any atom is 0.226 e. The van der Waals surface area contributed by atoms with Crippen LogP contribution < -0.4 is 5.73 Å². The van der Waals surface area contributed by atoms with Gasteiger partial charge < -0.3 is 10.6 Å². The highest BCUT2D eigenvalue weighted by Gasteiger charge is 2.35. The average Bonchev–Trinajstić information content (AvgIpc) is 2.46. The number of hydrogen-bond acceptors (Lipinski definition) is 3. The van der Waals surface area contributed by atoms with Crippen LogP contribution in [0.15, 0.2) is 0 Å². The van der Waals surface area contributed by atoms with Crippen molar-refractivity contribution >= 4 is 5.91 Å². The minimum Gasteiger partial charge on any atom is -0.340 e. The number of amides is 1. The topological polar surface area (TPSA) is 49.6 Å². The van der Waals surface area contributed by atoms with Crippen LogP contribution in [-0.2, 0) is 4.79 Å². The van der Waals surface area contributed by atoms with Crippen LogP contribution in [0.1, 0.15) is 39.5 Å². The first-order valence-corrected chi connectivity index (χ1v) is 7.90. The second-order valence-corrected chi connectivity index (χ2v) is 6.15. The highest BCUT2D eigenvalue weighted by molar-refractivity contribution is 5.79. The first-order valence-electron chi connectivity index (χ1n) is 7.90. The molecule has 0 bridgehead atoms. The summed E-state index contributed by atoms with van der Waals surface area (Å²) in [4.78, 5) is 17.3. The molecule has 2 fully saturated rings. The van der Waals surface area contributed by atoms with E-state index in [-0.39, 0.29) is 5.92 Å². The van der Waals surface area contributed by atoms with E-state index in [1.54, 1.807) is 0 Å². The third-order valence-electron chi connectivity index (χ3n) is 5.01. The summed E-state index contributed by atoms with van der Waals surface area (Å²) >= 11 is 0. The molecule has 1 saturated heterocycles. The Morgan fingerprint density at radius 3 is 2.63 bits per heavy atom. The molecule has 1 heterocycles. The van der Waals surface area contributed by atoms with Crippen molar-refractivity contribution in [2.45, 2.75) is 45.6 Å². The lowest BCUT2D eigenvalue weighted by Gasteiger charge is -2.42. The Kier molecular flexibility index (Phi) is 5.22. The van der Waals surface area contributed by atoms with Crippen LogP contribution >= 0.6 is 0 Å². The molecule has 0 aromatic heterocycles. The molecule has 19 heavy (non-hydrogen) atoms. The van der Waals surface area contributed by atoms with Crippen molar-refractivity contribution in [1.29, 1.82) is 0 Å². The van der Waals surface area contributed by atoms with Crippen molar-refractivity contribution < 1.29 is 4.79 Å². The normalized spacial score (nSPS) is 33.4. The highest BCUT2D eigenvalue weighted by atomic mass is 16.2. The standard InChI is InChI=1S/C15H29N3O/c1-3-17-8-9-18(11-12(17)2)15(19)14-7-5-4-6-13(14)10-16/h12-14H,3-11,16H2,1-2H3. The van der Waals surface area contributed by atoms with Crippen molar-refractivity contribution in [2.24, 2.45) is 17.6 Å². The van der Waals surface area contributed by atoms with Crippen LogP contribution in [0.4, 0.5) is 0 Å². The lowest BCUT2D eigenvalue weighted by molar-refractivity contribution is -0.141. The zero-order valence-corrected chi connectivity index (χ0v) is 12.5. The van der Waals surface area contributed by atoms with Crippen LogP contribution in [0, 0.1) is 11.8 Å². The Morgan fingerprint density at radius 1 is 1.26 bits per heavy atom. The van der Waals surface area contributed by atoms with Crippen LogP contribution in [-0.4, -0.2) is 54.5 Å². The molecule has 1 aliphatic carbocycles. The molecular formula is C15H29N3O. The summed E-state index contributed by atoms with van der Waals surface area (Å²) in [5.41, 5.74) is 5.85. The van der Waals surface area contributed by atoms with Gasteiger partial charge >= 0.3 is 0 Å². The second-order valence-electron chi connectivity index (χ2n) is 6.15. The molecule has 1 saturated carbocycles. The Balaban J connectivity index is 1.95. The summed E-state index contributed by atoms with van der Waals surface area (Å²) in [7, 11) is 0. The Bertz CT molecular complexity index is 308.